The molecular weight excluding hydrogens is 270 g/mol. The van der Waals surface area contributed by atoms with Crippen LogP contribution in [-0.4, -0.2) is 22.2 Å². The zero-order valence-corrected chi connectivity index (χ0v) is 13.0. The predicted molar refractivity (Wildman–Crippen MR) is 82.6 cm³/mol. The number of carbonyl (C=O) groups excluding carboxylic acids is 1. The van der Waals surface area contributed by atoms with Gasteiger partial charge in [0.25, 0.3) is 0 Å². The van der Waals surface area contributed by atoms with E-state index in [1.54, 1.807) is 11.3 Å². The van der Waals surface area contributed by atoms with Crippen LogP contribution in [-0.2, 0) is 11.3 Å². The molecule has 0 aliphatic heterocycles. The second-order valence-corrected chi connectivity index (χ2v) is 6.84. The van der Waals surface area contributed by atoms with E-state index in [2.05, 4.69) is 42.6 Å². The Labute approximate surface area is 123 Å². The van der Waals surface area contributed by atoms with Crippen molar-refractivity contribution in [2.45, 2.75) is 33.7 Å². The van der Waals surface area contributed by atoms with Crippen LogP contribution in [0.2, 0.25) is 0 Å². The molecule has 0 atom stereocenters. The van der Waals surface area contributed by atoms with Crippen LogP contribution >= 0.6 is 11.3 Å². The molecule has 1 amide bonds. The molecule has 108 valence electrons. The summed E-state index contributed by atoms with van der Waals surface area (Å²) < 4.78 is 1.87. The smallest absolute Gasteiger partial charge is 0.220 e. The lowest BCUT2D eigenvalue weighted by atomic mass is 9.92. The minimum Gasteiger partial charge on any atom is -0.354 e. The number of nitrogens with zero attached hydrogens (tertiary/aromatic N) is 2. The zero-order valence-electron chi connectivity index (χ0n) is 12.2. The van der Waals surface area contributed by atoms with Crippen LogP contribution in [0.5, 0.6) is 0 Å². The van der Waals surface area contributed by atoms with Crippen molar-refractivity contribution in [3.8, 4) is 11.3 Å². The van der Waals surface area contributed by atoms with Gasteiger partial charge in [-0.2, -0.15) is 16.4 Å². The highest BCUT2D eigenvalue weighted by molar-refractivity contribution is 7.08. The number of nitrogens with one attached hydrogen (secondary N) is 1. The van der Waals surface area contributed by atoms with Crippen molar-refractivity contribution < 1.29 is 4.79 Å². The minimum absolute atomic E-state index is 0.0297. The molecule has 2 rings (SSSR count). The van der Waals surface area contributed by atoms with E-state index < -0.39 is 0 Å². The molecule has 5 heteroatoms. The van der Waals surface area contributed by atoms with E-state index in [0.717, 1.165) is 11.3 Å². The third kappa shape index (κ3) is 4.49. The minimum atomic E-state index is 0.0297. The van der Waals surface area contributed by atoms with Crippen molar-refractivity contribution in [1.82, 2.24) is 15.1 Å². The van der Waals surface area contributed by atoms with Crippen LogP contribution in [0.1, 0.15) is 27.2 Å². The van der Waals surface area contributed by atoms with E-state index in [4.69, 9.17) is 0 Å². The molecule has 2 aromatic rings. The number of rotatable bonds is 5. The summed E-state index contributed by atoms with van der Waals surface area (Å²) in [6, 6.07) is 4.06. The van der Waals surface area contributed by atoms with Crippen molar-refractivity contribution in [2.75, 3.05) is 6.54 Å². The zero-order chi connectivity index (χ0) is 14.6. The second kappa shape index (κ2) is 6.22. The van der Waals surface area contributed by atoms with Crippen LogP contribution in [0.4, 0.5) is 0 Å². The molecule has 0 fully saturated rings. The fourth-order valence-electron chi connectivity index (χ4n) is 1.90. The fraction of sp³-hybridized carbons (Fsp3) is 0.467. The molecule has 0 saturated heterocycles. The van der Waals surface area contributed by atoms with Crippen LogP contribution in [0, 0.1) is 5.41 Å². The number of thiophene rings is 1. The fourth-order valence-corrected chi connectivity index (χ4v) is 2.55. The Morgan fingerprint density at radius 2 is 2.20 bits per heavy atom. The van der Waals surface area contributed by atoms with Gasteiger partial charge in [-0.3, -0.25) is 9.48 Å². The van der Waals surface area contributed by atoms with Gasteiger partial charge < -0.3 is 5.32 Å². The molecule has 1 N–H and O–H groups in total. The van der Waals surface area contributed by atoms with Gasteiger partial charge in [-0.25, -0.2) is 0 Å². The largest absolute Gasteiger partial charge is 0.354 e. The topological polar surface area (TPSA) is 46.9 Å². The molecule has 0 saturated carbocycles. The van der Waals surface area contributed by atoms with Crippen molar-refractivity contribution in [2.24, 2.45) is 5.41 Å². The molecule has 0 spiro atoms. The van der Waals surface area contributed by atoms with Gasteiger partial charge in [-0.15, -0.1) is 0 Å². The molecule has 0 bridgehead atoms. The normalized spacial score (nSPS) is 11.6. The maximum atomic E-state index is 11.7. The average Bonchev–Trinajstić information content (AvgIpc) is 2.96. The summed E-state index contributed by atoms with van der Waals surface area (Å²) in [4.78, 5) is 11.7. The van der Waals surface area contributed by atoms with E-state index in [1.807, 2.05) is 22.3 Å². The first-order valence-corrected chi connectivity index (χ1v) is 7.71. The first-order valence-electron chi connectivity index (χ1n) is 6.77. The molecule has 4 nitrogen and oxygen atoms in total. The lowest BCUT2D eigenvalue weighted by Gasteiger charge is -2.17. The Morgan fingerprint density at radius 1 is 1.40 bits per heavy atom. The summed E-state index contributed by atoms with van der Waals surface area (Å²) in [5, 5.41) is 11.6. The molecule has 20 heavy (non-hydrogen) atoms. The Kier molecular flexibility index (Phi) is 4.60. The molecule has 2 aromatic heterocycles. The van der Waals surface area contributed by atoms with Crippen molar-refractivity contribution >= 4 is 17.2 Å². The van der Waals surface area contributed by atoms with E-state index in [0.29, 0.717) is 19.5 Å². The van der Waals surface area contributed by atoms with Gasteiger partial charge in [0, 0.05) is 30.1 Å². The van der Waals surface area contributed by atoms with Gasteiger partial charge >= 0.3 is 0 Å². The number of aromatic nitrogens is 2. The lowest BCUT2D eigenvalue weighted by molar-refractivity contribution is -0.122. The second-order valence-electron chi connectivity index (χ2n) is 6.06. The highest BCUT2D eigenvalue weighted by Crippen LogP contribution is 2.19. The summed E-state index contributed by atoms with van der Waals surface area (Å²) in [5.74, 6) is 0.0997. The summed E-state index contributed by atoms with van der Waals surface area (Å²) in [7, 11) is 0. The van der Waals surface area contributed by atoms with Crippen LogP contribution in [0.25, 0.3) is 11.3 Å². The molecule has 0 unspecified atom stereocenters. The highest BCUT2D eigenvalue weighted by atomic mass is 32.1. The van der Waals surface area contributed by atoms with E-state index in [9.17, 15) is 4.79 Å². The summed E-state index contributed by atoms with van der Waals surface area (Å²) in [6.07, 6.45) is 2.50. The molecule has 0 aliphatic rings. The Morgan fingerprint density at radius 3 is 2.85 bits per heavy atom. The summed E-state index contributed by atoms with van der Waals surface area (Å²) >= 11 is 1.66. The first-order chi connectivity index (χ1) is 9.44. The van der Waals surface area contributed by atoms with Crippen LogP contribution in [0.15, 0.2) is 29.1 Å². The van der Waals surface area contributed by atoms with Gasteiger partial charge in [0.2, 0.25) is 5.91 Å². The third-order valence-corrected chi connectivity index (χ3v) is 3.49. The first kappa shape index (κ1) is 14.8. The maximum absolute atomic E-state index is 11.7. The van der Waals surface area contributed by atoms with Gasteiger partial charge in [0.1, 0.15) is 0 Å². The molecule has 2 heterocycles. The van der Waals surface area contributed by atoms with Crippen molar-refractivity contribution in [3.05, 3.63) is 29.1 Å². The summed E-state index contributed by atoms with van der Waals surface area (Å²) in [6.45, 7) is 7.49. The van der Waals surface area contributed by atoms with E-state index in [1.165, 1.54) is 0 Å². The number of carbonyl (C=O) groups is 1. The van der Waals surface area contributed by atoms with Gasteiger partial charge in [0.15, 0.2) is 0 Å². The van der Waals surface area contributed by atoms with Gasteiger partial charge in [-0.1, -0.05) is 20.8 Å². The van der Waals surface area contributed by atoms with Crippen molar-refractivity contribution in [3.63, 3.8) is 0 Å². The van der Waals surface area contributed by atoms with Crippen molar-refractivity contribution in [1.29, 1.82) is 0 Å². The Hall–Kier alpha value is -1.62. The van der Waals surface area contributed by atoms with E-state index in [-0.39, 0.29) is 11.3 Å². The average molecular weight is 291 g/mol. The van der Waals surface area contributed by atoms with Gasteiger partial charge in [-0.05, 0) is 22.9 Å². The molecule has 0 radical (unpaired) electrons. The molecule has 0 aliphatic carbocycles. The summed E-state index contributed by atoms with van der Waals surface area (Å²) in [5.41, 5.74) is 2.15. The van der Waals surface area contributed by atoms with E-state index >= 15 is 0 Å². The molecule has 0 aromatic carbocycles. The maximum Gasteiger partial charge on any atom is 0.220 e. The monoisotopic (exact) mass is 291 g/mol. The van der Waals surface area contributed by atoms with Crippen LogP contribution < -0.4 is 5.32 Å². The van der Waals surface area contributed by atoms with Gasteiger partial charge in [0.05, 0.1) is 12.2 Å². The van der Waals surface area contributed by atoms with Crippen LogP contribution in [0.3, 0.4) is 0 Å². The quantitative estimate of drug-likeness (QED) is 0.919. The standard InChI is InChI=1S/C15H21N3OS/c1-15(2,3)10-14(19)16-6-8-18-7-4-13(17-18)12-5-9-20-11-12/h4-5,7,9,11H,6,8,10H2,1-3H3,(H,16,19). The number of amides is 1. The lowest BCUT2D eigenvalue weighted by Crippen LogP contribution is -2.30. The Bertz CT molecular complexity index is 552. The SMILES string of the molecule is CC(C)(C)CC(=O)NCCn1ccc(-c2ccsc2)n1. The number of hydrogen-bond acceptors (Lipinski definition) is 3. The predicted octanol–water partition coefficient (Wildman–Crippen LogP) is 3.16. The molecular formula is C15H21N3OS. The third-order valence-electron chi connectivity index (χ3n) is 2.81. The highest BCUT2D eigenvalue weighted by Gasteiger charge is 2.15. The number of hydrogen-bond donors (Lipinski definition) is 1. The Balaban J connectivity index is 1.79.